The molecular weight excluding hydrogens is 505 g/mol. The standard InChI is InChI=1S/C26H21Cl2N3O3S/c27-21-9-3-1-8-19(21)24-16-20(18-7-2-4-10-23(18)29-24)26(32)30-25-15-17(11-12-22(25)28)35(33,34)31-13-5-6-14-31/h1-4,7-12,15-16H,5-6,13-14H2,(H,30,32). The number of halogens is 2. The summed E-state index contributed by atoms with van der Waals surface area (Å²) in [4.78, 5) is 18.3. The molecule has 1 aromatic heterocycles. The van der Waals surface area contributed by atoms with E-state index in [-0.39, 0.29) is 15.6 Å². The van der Waals surface area contributed by atoms with Gasteiger partial charge in [-0.15, -0.1) is 0 Å². The van der Waals surface area contributed by atoms with E-state index in [1.54, 1.807) is 12.1 Å². The van der Waals surface area contributed by atoms with E-state index in [1.807, 2.05) is 42.5 Å². The van der Waals surface area contributed by atoms with Crippen LogP contribution in [0.2, 0.25) is 10.0 Å². The molecule has 3 aromatic carbocycles. The molecule has 1 aliphatic heterocycles. The number of carbonyl (C=O) groups is 1. The summed E-state index contributed by atoms with van der Waals surface area (Å²) in [5, 5.41) is 4.21. The maximum atomic E-state index is 13.5. The van der Waals surface area contributed by atoms with E-state index in [0.29, 0.717) is 45.8 Å². The lowest BCUT2D eigenvalue weighted by Crippen LogP contribution is -2.28. The van der Waals surface area contributed by atoms with Gasteiger partial charge in [-0.2, -0.15) is 4.31 Å². The second kappa shape index (κ2) is 9.59. The Balaban J connectivity index is 1.55. The Morgan fingerprint density at radius 2 is 1.60 bits per heavy atom. The minimum Gasteiger partial charge on any atom is -0.321 e. The lowest BCUT2D eigenvalue weighted by atomic mass is 10.0. The largest absolute Gasteiger partial charge is 0.321 e. The monoisotopic (exact) mass is 525 g/mol. The predicted molar refractivity (Wildman–Crippen MR) is 140 cm³/mol. The van der Waals surface area contributed by atoms with E-state index < -0.39 is 15.9 Å². The first-order valence-electron chi connectivity index (χ1n) is 11.1. The Labute approximate surface area is 213 Å². The molecule has 1 aliphatic rings. The Morgan fingerprint density at radius 1 is 0.886 bits per heavy atom. The van der Waals surface area contributed by atoms with Crippen LogP contribution in [0.4, 0.5) is 5.69 Å². The van der Waals surface area contributed by atoms with Crippen molar-refractivity contribution in [3.8, 4) is 11.3 Å². The highest BCUT2D eigenvalue weighted by atomic mass is 35.5. The number of para-hydroxylation sites is 1. The van der Waals surface area contributed by atoms with Crippen LogP contribution in [0.25, 0.3) is 22.2 Å². The third-order valence-corrected chi connectivity index (χ3v) is 8.55. The second-order valence-electron chi connectivity index (χ2n) is 8.26. The molecule has 5 rings (SSSR count). The molecule has 6 nitrogen and oxygen atoms in total. The molecule has 0 radical (unpaired) electrons. The van der Waals surface area contributed by atoms with Crippen molar-refractivity contribution in [2.45, 2.75) is 17.7 Å². The molecule has 178 valence electrons. The molecular formula is C26H21Cl2N3O3S. The van der Waals surface area contributed by atoms with Crippen LogP contribution in [0.15, 0.2) is 77.7 Å². The predicted octanol–water partition coefficient (Wildman–Crippen LogP) is 6.25. The number of nitrogens with zero attached hydrogens (tertiary/aromatic N) is 2. The van der Waals surface area contributed by atoms with Gasteiger partial charge in [0.2, 0.25) is 10.0 Å². The van der Waals surface area contributed by atoms with Crippen molar-refractivity contribution in [1.29, 1.82) is 0 Å². The zero-order valence-electron chi connectivity index (χ0n) is 18.5. The van der Waals surface area contributed by atoms with E-state index in [9.17, 15) is 13.2 Å². The number of aromatic nitrogens is 1. The topological polar surface area (TPSA) is 79.4 Å². The van der Waals surface area contributed by atoms with E-state index in [4.69, 9.17) is 23.2 Å². The number of sulfonamides is 1. The van der Waals surface area contributed by atoms with Crippen molar-refractivity contribution in [1.82, 2.24) is 9.29 Å². The van der Waals surface area contributed by atoms with Crippen LogP contribution in [0.5, 0.6) is 0 Å². The summed E-state index contributed by atoms with van der Waals surface area (Å²) in [5.41, 5.74) is 2.47. The quantitative estimate of drug-likeness (QED) is 0.334. The SMILES string of the molecule is O=C(Nc1cc(S(=O)(=O)N2CCCC2)ccc1Cl)c1cc(-c2ccccc2Cl)nc2ccccc12. The molecule has 1 saturated heterocycles. The Bertz CT molecular complexity index is 1550. The number of benzene rings is 3. The van der Waals surface area contributed by atoms with E-state index in [1.165, 1.54) is 22.5 Å². The molecule has 9 heteroatoms. The van der Waals surface area contributed by atoms with Crippen LogP contribution < -0.4 is 5.32 Å². The molecule has 1 amide bonds. The fraction of sp³-hybridized carbons (Fsp3) is 0.154. The van der Waals surface area contributed by atoms with Crippen molar-refractivity contribution < 1.29 is 13.2 Å². The van der Waals surface area contributed by atoms with Crippen LogP contribution in [-0.2, 0) is 10.0 Å². The fourth-order valence-electron chi connectivity index (χ4n) is 4.20. The highest BCUT2D eigenvalue weighted by molar-refractivity contribution is 7.89. The molecule has 0 spiro atoms. The molecule has 0 saturated carbocycles. The third-order valence-electron chi connectivity index (χ3n) is 6.00. The number of hydrogen-bond donors (Lipinski definition) is 1. The maximum Gasteiger partial charge on any atom is 0.256 e. The van der Waals surface area contributed by atoms with Gasteiger partial charge in [-0.3, -0.25) is 4.79 Å². The summed E-state index contributed by atoms with van der Waals surface area (Å²) in [5.74, 6) is -0.436. The summed E-state index contributed by atoms with van der Waals surface area (Å²) in [7, 11) is -3.66. The summed E-state index contributed by atoms with van der Waals surface area (Å²) in [6, 6.07) is 20.6. The zero-order chi connectivity index (χ0) is 24.6. The van der Waals surface area contributed by atoms with Gasteiger partial charge in [-0.1, -0.05) is 59.6 Å². The average Bonchev–Trinajstić information content (AvgIpc) is 3.41. The van der Waals surface area contributed by atoms with Gasteiger partial charge >= 0.3 is 0 Å². The number of carbonyl (C=O) groups excluding carboxylic acids is 1. The number of amides is 1. The van der Waals surface area contributed by atoms with Gasteiger partial charge in [0, 0.05) is 29.1 Å². The lowest BCUT2D eigenvalue weighted by molar-refractivity contribution is 0.102. The highest BCUT2D eigenvalue weighted by Gasteiger charge is 2.28. The van der Waals surface area contributed by atoms with Crippen LogP contribution in [0, 0.1) is 0 Å². The smallest absolute Gasteiger partial charge is 0.256 e. The van der Waals surface area contributed by atoms with Gasteiger partial charge in [-0.25, -0.2) is 13.4 Å². The van der Waals surface area contributed by atoms with E-state index >= 15 is 0 Å². The number of rotatable bonds is 5. The van der Waals surface area contributed by atoms with E-state index in [0.717, 1.165) is 12.8 Å². The molecule has 0 atom stereocenters. The van der Waals surface area contributed by atoms with Gasteiger partial charge in [0.15, 0.2) is 0 Å². The van der Waals surface area contributed by atoms with Crippen molar-refractivity contribution >= 4 is 55.7 Å². The number of hydrogen-bond acceptors (Lipinski definition) is 4. The first-order valence-corrected chi connectivity index (χ1v) is 13.3. The number of fused-ring (bicyclic) bond motifs is 1. The first kappa shape index (κ1) is 23.8. The summed E-state index contributed by atoms with van der Waals surface area (Å²) in [6.45, 7) is 0.973. The fourth-order valence-corrected chi connectivity index (χ4v) is 6.14. The number of pyridine rings is 1. The van der Waals surface area contributed by atoms with Crippen molar-refractivity contribution in [2.75, 3.05) is 18.4 Å². The lowest BCUT2D eigenvalue weighted by Gasteiger charge is -2.17. The molecule has 0 bridgehead atoms. The average molecular weight is 526 g/mol. The van der Waals surface area contributed by atoms with Gasteiger partial charge in [-0.05, 0) is 49.2 Å². The van der Waals surface area contributed by atoms with Crippen LogP contribution in [0.3, 0.4) is 0 Å². The van der Waals surface area contributed by atoms with Gasteiger partial charge in [0.1, 0.15) is 0 Å². The summed E-state index contributed by atoms with van der Waals surface area (Å²) in [6.07, 6.45) is 1.67. The van der Waals surface area contributed by atoms with Gasteiger partial charge in [0.05, 0.1) is 32.4 Å². The van der Waals surface area contributed by atoms with Gasteiger partial charge in [0.25, 0.3) is 5.91 Å². The molecule has 2 heterocycles. The Morgan fingerprint density at radius 3 is 2.37 bits per heavy atom. The minimum atomic E-state index is -3.66. The van der Waals surface area contributed by atoms with Crippen LogP contribution in [0.1, 0.15) is 23.2 Å². The van der Waals surface area contributed by atoms with Crippen LogP contribution in [-0.4, -0.2) is 36.7 Å². The molecule has 0 unspecified atom stereocenters. The van der Waals surface area contributed by atoms with Crippen LogP contribution >= 0.6 is 23.2 Å². The van der Waals surface area contributed by atoms with Gasteiger partial charge < -0.3 is 5.32 Å². The summed E-state index contributed by atoms with van der Waals surface area (Å²) >= 11 is 12.7. The molecule has 35 heavy (non-hydrogen) atoms. The maximum absolute atomic E-state index is 13.5. The number of nitrogens with one attached hydrogen (secondary N) is 1. The second-order valence-corrected chi connectivity index (χ2v) is 11.0. The molecule has 0 aliphatic carbocycles. The number of anilines is 1. The highest BCUT2D eigenvalue weighted by Crippen LogP contribution is 2.32. The Hall–Kier alpha value is -2.97. The summed E-state index contributed by atoms with van der Waals surface area (Å²) < 4.78 is 27.5. The van der Waals surface area contributed by atoms with Crippen molar-refractivity contribution in [3.05, 3.63) is 88.4 Å². The van der Waals surface area contributed by atoms with Crippen molar-refractivity contribution in [2.24, 2.45) is 0 Å². The Kier molecular flexibility index (Phi) is 6.51. The molecule has 1 N–H and O–H groups in total. The minimum absolute atomic E-state index is 0.0930. The van der Waals surface area contributed by atoms with Crippen molar-refractivity contribution in [3.63, 3.8) is 0 Å². The zero-order valence-corrected chi connectivity index (χ0v) is 20.9. The molecule has 4 aromatic rings. The normalized spacial score (nSPS) is 14.3. The first-order chi connectivity index (χ1) is 16.8. The molecule has 1 fully saturated rings. The van der Waals surface area contributed by atoms with E-state index in [2.05, 4.69) is 10.3 Å². The third kappa shape index (κ3) is 4.65.